The Morgan fingerprint density at radius 3 is 2.37 bits per heavy atom. The predicted octanol–water partition coefficient (Wildman–Crippen LogP) is 3.16. The van der Waals surface area contributed by atoms with Gasteiger partial charge in [-0.05, 0) is 38.8 Å². The molecule has 158 valence electrons. The largest absolute Gasteiger partial charge is 0.453 e. The van der Waals surface area contributed by atoms with Crippen molar-refractivity contribution in [2.75, 3.05) is 18.0 Å². The van der Waals surface area contributed by atoms with E-state index < -0.39 is 12.0 Å². The molecule has 1 aromatic carbocycles. The van der Waals surface area contributed by atoms with Crippen LogP contribution in [0.5, 0.6) is 0 Å². The van der Waals surface area contributed by atoms with E-state index in [1.807, 2.05) is 30.0 Å². The summed E-state index contributed by atoms with van der Waals surface area (Å²) in [5, 5.41) is 14.2. The van der Waals surface area contributed by atoms with Gasteiger partial charge >= 0.3 is 6.18 Å². The third kappa shape index (κ3) is 3.69. The van der Waals surface area contributed by atoms with Gasteiger partial charge in [-0.1, -0.05) is 18.2 Å². The van der Waals surface area contributed by atoms with Gasteiger partial charge in [-0.2, -0.15) is 17.7 Å². The normalized spacial score (nSPS) is 15.6. The summed E-state index contributed by atoms with van der Waals surface area (Å²) in [5.74, 6) is -0.773. The number of carbonyl (C=O) groups is 1. The average Bonchev–Trinajstić information content (AvgIpc) is 3.17. The van der Waals surface area contributed by atoms with Gasteiger partial charge in [-0.25, -0.2) is 0 Å². The van der Waals surface area contributed by atoms with Gasteiger partial charge in [-0.15, -0.1) is 15.3 Å². The summed E-state index contributed by atoms with van der Waals surface area (Å²) in [7, 11) is 0. The van der Waals surface area contributed by atoms with Crippen LogP contribution in [0.25, 0.3) is 5.65 Å². The number of halogens is 3. The zero-order valence-corrected chi connectivity index (χ0v) is 16.6. The van der Waals surface area contributed by atoms with E-state index in [4.69, 9.17) is 0 Å². The molecule has 4 rings (SSSR count). The van der Waals surface area contributed by atoms with E-state index in [-0.39, 0.29) is 17.6 Å². The van der Waals surface area contributed by atoms with Gasteiger partial charge in [-0.3, -0.25) is 4.79 Å². The SMILES string of the molecule is Cc1c(N2CCC(NC(=O)c3ccccc3)CC2)nn2c(C(F)(F)F)nnc2c1C. The monoisotopic (exact) mass is 418 g/mol. The van der Waals surface area contributed by atoms with Gasteiger partial charge in [0.1, 0.15) is 0 Å². The van der Waals surface area contributed by atoms with Crippen LogP contribution in [0.3, 0.4) is 0 Å². The summed E-state index contributed by atoms with van der Waals surface area (Å²) in [5.41, 5.74) is 2.09. The first kappa shape index (κ1) is 20.1. The first-order chi connectivity index (χ1) is 14.3. The number of aryl methyl sites for hydroxylation is 1. The Kier molecular flexibility index (Phi) is 5.08. The minimum absolute atomic E-state index is 0.000243. The lowest BCUT2D eigenvalue weighted by atomic mass is 10.0. The smallest absolute Gasteiger partial charge is 0.355 e. The molecule has 0 bridgehead atoms. The average molecular weight is 418 g/mol. The molecule has 1 N–H and O–H groups in total. The molecular formula is C20H21F3N6O. The van der Waals surface area contributed by atoms with Crippen LogP contribution in [0.1, 0.15) is 40.2 Å². The Bertz CT molecular complexity index is 1070. The summed E-state index contributed by atoms with van der Waals surface area (Å²) in [6.07, 6.45) is -3.30. The van der Waals surface area contributed by atoms with Gasteiger partial charge in [0.25, 0.3) is 11.7 Å². The minimum Gasteiger partial charge on any atom is -0.355 e. The molecule has 7 nitrogen and oxygen atoms in total. The van der Waals surface area contributed by atoms with Crippen LogP contribution in [-0.2, 0) is 6.18 Å². The molecule has 0 spiro atoms. The highest BCUT2D eigenvalue weighted by atomic mass is 19.4. The van der Waals surface area contributed by atoms with E-state index in [0.29, 0.717) is 42.9 Å². The number of hydrogen-bond acceptors (Lipinski definition) is 5. The molecule has 0 aliphatic carbocycles. The number of aromatic nitrogens is 4. The summed E-state index contributed by atoms with van der Waals surface area (Å²) in [6, 6.07) is 8.98. The number of anilines is 1. The van der Waals surface area contributed by atoms with Gasteiger partial charge in [0, 0.05) is 35.8 Å². The van der Waals surface area contributed by atoms with E-state index in [0.717, 1.165) is 10.1 Å². The lowest BCUT2D eigenvalue weighted by molar-refractivity contribution is -0.146. The Hall–Kier alpha value is -3.17. The van der Waals surface area contributed by atoms with Gasteiger partial charge in [0.05, 0.1) is 0 Å². The molecule has 0 radical (unpaired) electrons. The van der Waals surface area contributed by atoms with Crippen molar-refractivity contribution in [3.63, 3.8) is 0 Å². The molecule has 1 fully saturated rings. The second-order valence-corrected chi connectivity index (χ2v) is 7.43. The summed E-state index contributed by atoms with van der Waals surface area (Å²) in [6.45, 7) is 4.68. The van der Waals surface area contributed by atoms with E-state index in [2.05, 4.69) is 20.6 Å². The Morgan fingerprint density at radius 2 is 1.73 bits per heavy atom. The Balaban J connectivity index is 1.52. The minimum atomic E-state index is -4.64. The Labute approximate surface area is 170 Å². The first-order valence-electron chi connectivity index (χ1n) is 9.66. The molecule has 3 aromatic rings. The van der Waals surface area contributed by atoms with Gasteiger partial charge < -0.3 is 10.2 Å². The van der Waals surface area contributed by atoms with Gasteiger partial charge in [0.15, 0.2) is 11.5 Å². The highest BCUT2D eigenvalue weighted by Crippen LogP contribution is 2.31. The number of piperidine rings is 1. The quantitative estimate of drug-likeness (QED) is 0.707. The first-order valence-corrected chi connectivity index (χ1v) is 9.66. The van der Waals surface area contributed by atoms with Crippen molar-refractivity contribution in [1.29, 1.82) is 0 Å². The maximum absolute atomic E-state index is 13.3. The number of nitrogens with one attached hydrogen (secondary N) is 1. The molecule has 0 atom stereocenters. The molecule has 2 aromatic heterocycles. The molecule has 10 heteroatoms. The molecule has 1 aliphatic rings. The second-order valence-electron chi connectivity index (χ2n) is 7.43. The molecule has 3 heterocycles. The maximum atomic E-state index is 13.3. The van der Waals surface area contributed by atoms with Crippen molar-refractivity contribution in [1.82, 2.24) is 25.1 Å². The third-order valence-electron chi connectivity index (χ3n) is 5.49. The van der Waals surface area contributed by atoms with Crippen LogP contribution in [0, 0.1) is 13.8 Å². The van der Waals surface area contributed by atoms with Crippen molar-refractivity contribution in [2.45, 2.75) is 38.9 Å². The fraction of sp³-hybridized carbons (Fsp3) is 0.400. The van der Waals surface area contributed by atoms with Crippen molar-refractivity contribution < 1.29 is 18.0 Å². The number of rotatable bonds is 3. The lowest BCUT2D eigenvalue weighted by Gasteiger charge is -2.34. The number of carbonyl (C=O) groups excluding carboxylic acids is 1. The van der Waals surface area contributed by atoms with Gasteiger partial charge in [0.2, 0.25) is 0 Å². The summed E-state index contributed by atoms with van der Waals surface area (Å²) < 4.78 is 40.5. The van der Waals surface area contributed by atoms with E-state index in [9.17, 15) is 18.0 Å². The maximum Gasteiger partial charge on any atom is 0.453 e. The number of benzene rings is 1. The predicted molar refractivity (Wildman–Crippen MR) is 104 cm³/mol. The molecule has 1 saturated heterocycles. The zero-order chi connectivity index (χ0) is 21.5. The molecule has 30 heavy (non-hydrogen) atoms. The second kappa shape index (κ2) is 7.58. The molecular weight excluding hydrogens is 397 g/mol. The molecule has 1 amide bonds. The van der Waals surface area contributed by atoms with Crippen LogP contribution in [-0.4, -0.2) is 44.8 Å². The molecule has 1 aliphatic heterocycles. The summed E-state index contributed by atoms with van der Waals surface area (Å²) in [4.78, 5) is 14.3. The van der Waals surface area contributed by atoms with Crippen LogP contribution in [0.2, 0.25) is 0 Å². The standard InChI is InChI=1S/C20H21F3N6O/c1-12-13(2)17(27-29-16(12)25-26-19(29)20(21,22)23)28-10-8-15(9-11-28)24-18(30)14-6-4-3-5-7-14/h3-7,15H,8-11H2,1-2H3,(H,24,30). The highest BCUT2D eigenvalue weighted by molar-refractivity contribution is 5.94. The molecule has 0 unspecified atom stereocenters. The number of alkyl halides is 3. The van der Waals surface area contributed by atoms with Crippen molar-refractivity contribution in [3.05, 3.63) is 52.8 Å². The fourth-order valence-corrected chi connectivity index (χ4v) is 3.68. The van der Waals surface area contributed by atoms with E-state index in [1.54, 1.807) is 19.1 Å². The number of nitrogens with zero attached hydrogens (tertiary/aromatic N) is 5. The lowest BCUT2D eigenvalue weighted by Crippen LogP contribution is -2.45. The number of amides is 1. The van der Waals surface area contributed by atoms with Crippen LogP contribution < -0.4 is 10.2 Å². The van der Waals surface area contributed by atoms with Crippen molar-refractivity contribution in [3.8, 4) is 0 Å². The van der Waals surface area contributed by atoms with Crippen LogP contribution in [0.15, 0.2) is 30.3 Å². The summed E-state index contributed by atoms with van der Waals surface area (Å²) >= 11 is 0. The Morgan fingerprint density at radius 1 is 1.07 bits per heavy atom. The highest BCUT2D eigenvalue weighted by Gasteiger charge is 2.38. The topological polar surface area (TPSA) is 75.4 Å². The number of hydrogen-bond donors (Lipinski definition) is 1. The number of fused-ring (bicyclic) bond motifs is 1. The van der Waals surface area contributed by atoms with Crippen molar-refractivity contribution in [2.24, 2.45) is 0 Å². The third-order valence-corrected chi connectivity index (χ3v) is 5.49. The molecule has 0 saturated carbocycles. The van der Waals surface area contributed by atoms with E-state index >= 15 is 0 Å². The van der Waals surface area contributed by atoms with E-state index in [1.165, 1.54) is 0 Å². The fourth-order valence-electron chi connectivity index (χ4n) is 3.68. The van der Waals surface area contributed by atoms with Crippen LogP contribution in [0.4, 0.5) is 19.0 Å². The van der Waals surface area contributed by atoms with Crippen LogP contribution >= 0.6 is 0 Å². The zero-order valence-electron chi connectivity index (χ0n) is 16.6. The van der Waals surface area contributed by atoms with Crippen molar-refractivity contribution >= 4 is 17.4 Å².